The number of imidazole rings is 4. The molecule has 0 saturated carbocycles. The van der Waals surface area contributed by atoms with Crippen LogP contribution in [0.15, 0.2) is 346 Å². The molecule has 22 nitrogen and oxygen atoms in total. The number of hydrogen-bond donors (Lipinski definition) is 0. The predicted octanol–water partition coefficient (Wildman–Crippen LogP) is 24.6. The molecule has 8 heterocycles. The number of nitrogens with zero attached hydrogens (tertiary/aromatic N) is 18. The van der Waals surface area contributed by atoms with Gasteiger partial charge in [-0.3, -0.25) is 55.7 Å². The molecule has 8 aromatic heterocycles. The average molecular weight is 2010 g/mol. The summed E-state index contributed by atoms with van der Waals surface area (Å²) < 4.78 is 131. The van der Waals surface area contributed by atoms with E-state index in [1.807, 2.05) is 207 Å². The summed E-state index contributed by atoms with van der Waals surface area (Å²) in [7, 11) is 3.81. The SMILES string of the molecule is CCN(C)c1nc2c(=O)n(-c3ccc(Cl)cc3)c(-c3ccc(C(F)(F)F)cc3)nc2n1-c1ccccc1.CCN(C)c1nc2c(=O)n(-c3ccc(Cl)cc3)c(-c3ccc(C)cc3)nc2n1-c1ccccc1.O=c1c2nc(Br)n(-c3ccccc3)c2nc(-c2ccc(C(F)(F)F)cc2)n1-c1ccc(Cl)cc1.O=c1c2ncn(-c3ccccc3)c2nc(-c2ccc(C(F)(F)F)cc2)n1-c1ccc(Cl)cc1. The topological polar surface area (TPSA) is 217 Å². The van der Waals surface area contributed by atoms with Crippen LogP contribution in [0.5, 0.6) is 0 Å². The number of alkyl halides is 9. The van der Waals surface area contributed by atoms with Crippen molar-refractivity contribution in [1.82, 2.24) is 76.4 Å². The van der Waals surface area contributed by atoms with Gasteiger partial charge in [-0.1, -0.05) is 185 Å². The second kappa shape index (κ2) is 39.2. The minimum atomic E-state index is -4.49. The van der Waals surface area contributed by atoms with Gasteiger partial charge in [-0.05, 0) is 219 Å². The zero-order valence-corrected chi connectivity index (χ0v) is 77.6. The lowest BCUT2D eigenvalue weighted by Gasteiger charge is -2.18. The molecule has 0 aliphatic rings. The maximum atomic E-state index is 14.0. The van der Waals surface area contributed by atoms with Gasteiger partial charge < -0.3 is 9.80 Å². The summed E-state index contributed by atoms with van der Waals surface area (Å²) in [6.07, 6.45) is -11.9. The number of benzene rings is 12. The van der Waals surface area contributed by atoms with Crippen molar-refractivity contribution >= 4 is 119 Å². The highest BCUT2D eigenvalue weighted by atomic mass is 79.9. The van der Waals surface area contributed by atoms with Gasteiger partial charge in [0.25, 0.3) is 22.2 Å². The fourth-order valence-electron chi connectivity index (χ4n) is 15.2. The van der Waals surface area contributed by atoms with Gasteiger partial charge in [-0.2, -0.15) is 39.5 Å². The van der Waals surface area contributed by atoms with Crippen LogP contribution in [-0.2, 0) is 18.5 Å². The Bertz CT molecular complexity index is 8140. The first-order valence-corrected chi connectivity index (χ1v) is 44.6. The molecule has 36 heteroatoms. The van der Waals surface area contributed by atoms with Crippen LogP contribution in [0, 0.1) is 6.92 Å². The van der Waals surface area contributed by atoms with E-state index in [4.69, 9.17) is 66.3 Å². The number of rotatable bonds is 16. The molecule has 0 bridgehead atoms. The van der Waals surface area contributed by atoms with E-state index in [9.17, 15) is 58.7 Å². The van der Waals surface area contributed by atoms with Crippen LogP contribution in [0.1, 0.15) is 36.1 Å². The molecule has 0 unspecified atom stereocenters. The van der Waals surface area contributed by atoms with Crippen LogP contribution in [0.4, 0.5) is 51.4 Å². The third kappa shape index (κ3) is 19.2. The standard InChI is InChI=1S/C27H21ClF3N5O.C27H24ClN5O.C24H13BrClF3N4O.C24H14ClF3N4O/c1-3-34(2)26-32-22-24(36(26)20-7-5-4-6-8-20)33-23(17-9-11-18(12-10-17)27(29,30)31)35(25(22)37)21-15-13-19(28)14-16-21;1-4-31(3)27-29-23-25(33(27)21-8-6-5-7-9-21)30-24(19-12-10-18(2)11-13-19)32(26(23)34)22-16-14-20(28)15-17-22;25-23-30-19-21(33(23)17-4-2-1-3-5-17)31-20(14-6-8-15(9-7-14)24(27,28)29)32(22(19)34)18-12-10-16(26)11-13-18;25-17-10-12-19(13-11-17)32-21(15-6-8-16(9-7-15)24(26,27)28)30-22-20(23(32)33)29-14-31(22)18-4-2-1-3-5-18/h4-16H,3H2,1-2H3;5-17H,4H2,1-3H3;1-13H;1-14H. The number of para-hydroxylation sites is 4. The first-order chi connectivity index (χ1) is 66.2. The summed E-state index contributed by atoms with van der Waals surface area (Å²) >= 11 is 27.6. The van der Waals surface area contributed by atoms with E-state index in [1.165, 1.54) is 56.4 Å². The second-order valence-electron chi connectivity index (χ2n) is 31.2. The van der Waals surface area contributed by atoms with Crippen LogP contribution in [0.2, 0.25) is 20.1 Å². The summed E-state index contributed by atoms with van der Waals surface area (Å²) in [5.74, 6) is 2.25. The van der Waals surface area contributed by atoms with Gasteiger partial charge in [0.1, 0.15) is 29.6 Å². The molecular weight excluding hydrogens is 1930 g/mol. The summed E-state index contributed by atoms with van der Waals surface area (Å²) in [4.78, 5) is 96.4. The monoisotopic (exact) mass is 2000 g/mol. The van der Waals surface area contributed by atoms with E-state index in [2.05, 4.69) is 35.9 Å². The van der Waals surface area contributed by atoms with Gasteiger partial charge in [0.2, 0.25) is 11.9 Å². The average Bonchev–Trinajstić information content (AvgIpc) is 1.59. The highest BCUT2D eigenvalue weighted by molar-refractivity contribution is 9.10. The second-order valence-corrected chi connectivity index (χ2v) is 33.6. The zero-order chi connectivity index (χ0) is 97.3. The summed E-state index contributed by atoms with van der Waals surface area (Å²) in [5.41, 5.74) is 6.19. The lowest BCUT2D eigenvalue weighted by atomic mass is 10.1. The van der Waals surface area contributed by atoms with Gasteiger partial charge in [0.15, 0.2) is 49.4 Å². The normalized spacial score (nSPS) is 11.6. The Kier molecular flexibility index (Phi) is 26.8. The molecule has 0 N–H and O–H groups in total. The Morgan fingerprint density at radius 3 is 0.826 bits per heavy atom. The van der Waals surface area contributed by atoms with Gasteiger partial charge in [-0.15, -0.1) is 0 Å². The molecule has 0 amide bonds. The number of hydrogen-bond acceptors (Lipinski definition) is 14. The number of anilines is 2. The van der Waals surface area contributed by atoms with Crippen molar-refractivity contribution in [2.24, 2.45) is 0 Å². The third-order valence-corrected chi connectivity index (χ3v) is 23.9. The van der Waals surface area contributed by atoms with Gasteiger partial charge in [0, 0.05) is 80.9 Å². The van der Waals surface area contributed by atoms with Crippen LogP contribution in [0.3, 0.4) is 0 Å². The Morgan fingerprint density at radius 2 is 0.536 bits per heavy atom. The molecule has 0 radical (unpaired) electrons. The minimum Gasteiger partial charge on any atom is -0.345 e. The predicted molar refractivity (Wildman–Crippen MR) is 525 cm³/mol. The van der Waals surface area contributed by atoms with Gasteiger partial charge >= 0.3 is 18.5 Å². The van der Waals surface area contributed by atoms with E-state index >= 15 is 0 Å². The number of fused-ring (bicyclic) bond motifs is 4. The summed E-state index contributed by atoms with van der Waals surface area (Å²) in [6.45, 7) is 7.39. The quantitative estimate of drug-likeness (QED) is 0.0649. The van der Waals surface area contributed by atoms with Crippen LogP contribution in [-0.4, -0.2) is 104 Å². The van der Waals surface area contributed by atoms with E-state index in [1.54, 1.807) is 103 Å². The van der Waals surface area contributed by atoms with Crippen molar-refractivity contribution < 1.29 is 39.5 Å². The first-order valence-electron chi connectivity index (χ1n) is 42.3. The number of aromatic nitrogens is 16. The Balaban J connectivity index is 0.000000127. The van der Waals surface area contributed by atoms with E-state index in [-0.39, 0.29) is 45.2 Å². The third-order valence-electron chi connectivity index (χ3n) is 22.3. The summed E-state index contributed by atoms with van der Waals surface area (Å²) in [5, 5.41) is 2.02. The Morgan fingerprint density at radius 1 is 0.290 bits per heavy atom. The van der Waals surface area contributed by atoms with Crippen molar-refractivity contribution in [3.05, 3.63) is 410 Å². The molecule has 12 aromatic carbocycles. The maximum Gasteiger partial charge on any atom is 0.416 e. The van der Waals surface area contributed by atoms with Crippen molar-refractivity contribution in [1.29, 1.82) is 0 Å². The van der Waals surface area contributed by atoms with E-state index in [0.717, 1.165) is 71.1 Å². The molecule has 0 atom stereocenters. The van der Waals surface area contributed by atoms with E-state index in [0.29, 0.717) is 117 Å². The molecule has 692 valence electrons. The highest BCUT2D eigenvalue weighted by Crippen LogP contribution is 2.39. The van der Waals surface area contributed by atoms with Gasteiger partial charge in [-0.25, -0.2) is 39.9 Å². The summed E-state index contributed by atoms with van der Waals surface area (Å²) in [6, 6.07) is 86.0. The van der Waals surface area contributed by atoms with Crippen molar-refractivity contribution in [3.8, 4) is 91.1 Å². The molecule has 0 aliphatic carbocycles. The first kappa shape index (κ1) is 94.4. The zero-order valence-electron chi connectivity index (χ0n) is 73.0. The van der Waals surface area contributed by atoms with Gasteiger partial charge in [0.05, 0.1) is 50.8 Å². The fourth-order valence-corrected chi connectivity index (χ4v) is 16.2. The fraction of sp³-hybridized carbons (Fsp3) is 0.0980. The molecule has 20 aromatic rings. The van der Waals surface area contributed by atoms with Crippen LogP contribution in [0.25, 0.3) is 136 Å². The molecule has 0 spiro atoms. The molecule has 0 fully saturated rings. The number of halogens is 14. The van der Waals surface area contributed by atoms with Crippen LogP contribution < -0.4 is 32.0 Å². The maximum absolute atomic E-state index is 14.0. The lowest BCUT2D eigenvalue weighted by Crippen LogP contribution is -2.22. The number of aryl methyl sites for hydroxylation is 1. The van der Waals surface area contributed by atoms with Crippen molar-refractivity contribution in [2.75, 3.05) is 37.0 Å². The molecule has 0 aliphatic heterocycles. The van der Waals surface area contributed by atoms with Crippen molar-refractivity contribution in [3.63, 3.8) is 0 Å². The lowest BCUT2D eigenvalue weighted by molar-refractivity contribution is -0.138. The Labute approximate surface area is 807 Å². The van der Waals surface area contributed by atoms with Crippen molar-refractivity contribution in [2.45, 2.75) is 39.3 Å². The van der Waals surface area contributed by atoms with Crippen LogP contribution >= 0.6 is 62.3 Å². The largest absolute Gasteiger partial charge is 0.416 e. The molecular formula is C102H72BrCl4F9N18O4. The minimum absolute atomic E-state index is 0.0985. The Hall–Kier alpha value is -15.4. The smallest absolute Gasteiger partial charge is 0.345 e. The van der Waals surface area contributed by atoms with E-state index < -0.39 is 51.9 Å². The highest BCUT2D eigenvalue weighted by Gasteiger charge is 2.35. The molecule has 20 rings (SSSR count). The molecule has 0 saturated heterocycles. The molecule has 138 heavy (non-hydrogen) atoms.